The lowest BCUT2D eigenvalue weighted by Crippen LogP contribution is -2.34. The molecule has 3 aromatic rings. The van der Waals surface area contributed by atoms with Crippen LogP contribution in [0.5, 0.6) is 0 Å². The summed E-state index contributed by atoms with van der Waals surface area (Å²) in [5.41, 5.74) is 4.33. The molecule has 0 bridgehead atoms. The van der Waals surface area contributed by atoms with Gasteiger partial charge >= 0.3 is 0 Å². The van der Waals surface area contributed by atoms with E-state index in [0.29, 0.717) is 30.8 Å². The van der Waals surface area contributed by atoms with Crippen LogP contribution in [-0.2, 0) is 16.4 Å². The number of likely N-dealkylation sites (N-methyl/N-ethyl adjacent to an activating group) is 1. The first-order valence-corrected chi connectivity index (χ1v) is 12.4. The van der Waals surface area contributed by atoms with Gasteiger partial charge in [-0.05, 0) is 62.8 Å². The van der Waals surface area contributed by atoms with Crippen LogP contribution in [-0.4, -0.2) is 46.4 Å². The summed E-state index contributed by atoms with van der Waals surface area (Å²) in [5, 5.41) is 2.97. The highest BCUT2D eigenvalue weighted by molar-refractivity contribution is 7.92. The lowest BCUT2D eigenvalue weighted by molar-refractivity contribution is 0.0941. The molecule has 1 unspecified atom stereocenters. The zero-order valence-electron chi connectivity index (χ0n) is 19.2. The predicted octanol–water partition coefficient (Wildman–Crippen LogP) is 3.78. The molecule has 6 nitrogen and oxygen atoms in total. The number of para-hydroxylation sites is 1. The Labute approximate surface area is 195 Å². The largest absolute Gasteiger partial charge is 0.350 e. The van der Waals surface area contributed by atoms with E-state index in [1.165, 1.54) is 15.9 Å². The van der Waals surface area contributed by atoms with Gasteiger partial charge in [0.15, 0.2) is 0 Å². The second-order valence-electron chi connectivity index (χ2n) is 8.58. The van der Waals surface area contributed by atoms with Gasteiger partial charge in [0.1, 0.15) is 0 Å². The van der Waals surface area contributed by atoms with Gasteiger partial charge in [-0.3, -0.25) is 9.10 Å². The summed E-state index contributed by atoms with van der Waals surface area (Å²) in [6.07, 6.45) is 0.681. The molecular weight excluding hydrogens is 434 g/mol. The molecule has 3 aromatic carbocycles. The molecule has 0 radical (unpaired) electrons. The van der Waals surface area contributed by atoms with Crippen LogP contribution in [0.3, 0.4) is 0 Å². The smallest absolute Gasteiger partial charge is 0.264 e. The van der Waals surface area contributed by atoms with Crippen molar-refractivity contribution in [2.24, 2.45) is 0 Å². The average Bonchev–Trinajstić information content (AvgIpc) is 3.25. The minimum Gasteiger partial charge on any atom is -0.350 e. The van der Waals surface area contributed by atoms with Crippen molar-refractivity contribution in [2.75, 3.05) is 31.5 Å². The summed E-state index contributed by atoms with van der Waals surface area (Å²) in [6.45, 7) is 2.85. The molecule has 1 atom stereocenters. The number of benzene rings is 3. The van der Waals surface area contributed by atoms with Gasteiger partial charge in [0.05, 0.1) is 16.6 Å². The average molecular weight is 464 g/mol. The summed E-state index contributed by atoms with van der Waals surface area (Å²) in [5.74, 6) is -0.298. The molecule has 7 heteroatoms. The van der Waals surface area contributed by atoms with E-state index in [4.69, 9.17) is 0 Å². The van der Waals surface area contributed by atoms with E-state index in [2.05, 4.69) is 34.5 Å². The molecule has 1 heterocycles. The van der Waals surface area contributed by atoms with Gasteiger partial charge in [-0.2, -0.15) is 0 Å². The Balaban J connectivity index is 1.51. The number of hydrogen-bond donors (Lipinski definition) is 1. The molecule has 0 aromatic heterocycles. The molecular formula is C26H29N3O3S. The third kappa shape index (κ3) is 4.79. The summed E-state index contributed by atoms with van der Waals surface area (Å²) in [7, 11) is 0.185. The molecule has 1 aliphatic heterocycles. The minimum atomic E-state index is -3.75. The number of sulfonamides is 1. The van der Waals surface area contributed by atoms with Crippen molar-refractivity contribution in [3.8, 4) is 0 Å². The van der Waals surface area contributed by atoms with Crippen LogP contribution < -0.4 is 9.62 Å². The van der Waals surface area contributed by atoms with Crippen molar-refractivity contribution >= 4 is 21.6 Å². The summed E-state index contributed by atoms with van der Waals surface area (Å²) >= 11 is 0. The molecule has 0 fully saturated rings. The molecule has 33 heavy (non-hydrogen) atoms. The summed E-state index contributed by atoms with van der Waals surface area (Å²) in [4.78, 5) is 15.1. The topological polar surface area (TPSA) is 69.7 Å². The molecule has 4 rings (SSSR count). The van der Waals surface area contributed by atoms with Crippen LogP contribution >= 0.6 is 0 Å². The number of fused-ring (bicyclic) bond motifs is 1. The monoisotopic (exact) mass is 463 g/mol. The fraction of sp³-hybridized carbons (Fsp3) is 0.269. The highest BCUT2D eigenvalue weighted by Crippen LogP contribution is 2.32. The van der Waals surface area contributed by atoms with Crippen LogP contribution in [0.1, 0.15) is 33.1 Å². The maximum atomic E-state index is 13.3. The second-order valence-corrected chi connectivity index (χ2v) is 10.4. The molecule has 1 N–H and O–H groups in total. The third-order valence-corrected chi connectivity index (χ3v) is 7.88. The summed E-state index contributed by atoms with van der Waals surface area (Å²) < 4.78 is 28.1. The van der Waals surface area contributed by atoms with E-state index >= 15 is 0 Å². The van der Waals surface area contributed by atoms with Crippen LogP contribution in [0.4, 0.5) is 5.69 Å². The Morgan fingerprint density at radius 1 is 1.03 bits per heavy atom. The molecule has 1 aliphatic rings. The number of anilines is 1. The van der Waals surface area contributed by atoms with E-state index in [9.17, 15) is 13.2 Å². The van der Waals surface area contributed by atoms with E-state index in [1.807, 2.05) is 45.3 Å². The molecule has 0 spiro atoms. The van der Waals surface area contributed by atoms with Gasteiger partial charge in [0.25, 0.3) is 15.9 Å². The number of rotatable bonds is 7. The predicted molar refractivity (Wildman–Crippen MR) is 131 cm³/mol. The molecule has 0 aliphatic carbocycles. The molecule has 172 valence electrons. The normalized spacial score (nSPS) is 14.2. The molecule has 0 saturated heterocycles. The van der Waals surface area contributed by atoms with Crippen molar-refractivity contribution < 1.29 is 13.2 Å². The lowest BCUT2D eigenvalue weighted by atomic mass is 10.0. The fourth-order valence-electron chi connectivity index (χ4n) is 4.16. The first-order valence-electron chi connectivity index (χ1n) is 11.0. The number of carbonyl (C=O) groups is 1. The van der Waals surface area contributed by atoms with Crippen LogP contribution in [0, 0.1) is 6.92 Å². The second kappa shape index (κ2) is 9.37. The zero-order chi connectivity index (χ0) is 23.6. The minimum absolute atomic E-state index is 0.00238. The first-order chi connectivity index (χ1) is 15.8. The maximum Gasteiger partial charge on any atom is 0.264 e. The van der Waals surface area contributed by atoms with E-state index in [1.54, 1.807) is 18.2 Å². The number of aryl methyl sites for hydroxylation is 1. The summed E-state index contributed by atoms with van der Waals surface area (Å²) in [6, 6.07) is 22.0. The van der Waals surface area contributed by atoms with Gasteiger partial charge in [-0.25, -0.2) is 8.42 Å². The zero-order valence-corrected chi connectivity index (χ0v) is 20.0. The molecule has 0 saturated carbocycles. The third-order valence-electron chi connectivity index (χ3n) is 6.07. The van der Waals surface area contributed by atoms with Crippen molar-refractivity contribution in [3.05, 3.63) is 95.1 Å². The maximum absolute atomic E-state index is 13.3. The van der Waals surface area contributed by atoms with E-state index in [0.717, 1.165) is 11.1 Å². The standard InChI is InChI=1S/C26H29N3O3S/c1-19-11-13-21(14-12-19)25(28(2)3)18-27-26(30)22-8-6-9-23(17-22)33(31,32)29-16-15-20-7-4-5-10-24(20)29/h4-14,17,25H,15-16,18H2,1-3H3,(H,27,30). The van der Waals surface area contributed by atoms with Gasteiger partial charge in [-0.15, -0.1) is 0 Å². The highest BCUT2D eigenvalue weighted by Gasteiger charge is 2.31. The Kier molecular flexibility index (Phi) is 6.54. The number of amides is 1. The van der Waals surface area contributed by atoms with Crippen LogP contribution in [0.25, 0.3) is 0 Å². The van der Waals surface area contributed by atoms with Crippen LogP contribution in [0.15, 0.2) is 77.7 Å². The number of nitrogens with zero attached hydrogens (tertiary/aromatic N) is 2. The Bertz CT molecular complexity index is 1250. The van der Waals surface area contributed by atoms with Gasteiger partial charge in [0, 0.05) is 18.7 Å². The number of carbonyl (C=O) groups excluding carboxylic acids is 1. The van der Waals surface area contributed by atoms with Crippen molar-refractivity contribution in [2.45, 2.75) is 24.3 Å². The fourth-order valence-corrected chi connectivity index (χ4v) is 5.71. The van der Waals surface area contributed by atoms with E-state index in [-0.39, 0.29) is 16.8 Å². The van der Waals surface area contributed by atoms with Gasteiger partial charge in [0.2, 0.25) is 0 Å². The van der Waals surface area contributed by atoms with Crippen molar-refractivity contribution in [3.63, 3.8) is 0 Å². The Morgan fingerprint density at radius 3 is 2.48 bits per heavy atom. The van der Waals surface area contributed by atoms with E-state index < -0.39 is 10.0 Å². The first kappa shape index (κ1) is 23.0. The number of hydrogen-bond acceptors (Lipinski definition) is 4. The van der Waals surface area contributed by atoms with Crippen molar-refractivity contribution in [1.82, 2.24) is 10.2 Å². The van der Waals surface area contributed by atoms with Gasteiger partial charge < -0.3 is 10.2 Å². The SMILES string of the molecule is Cc1ccc(C(CNC(=O)c2cccc(S(=O)(=O)N3CCc4ccccc43)c2)N(C)C)cc1. The molecule has 1 amide bonds. The highest BCUT2D eigenvalue weighted by atomic mass is 32.2. The van der Waals surface area contributed by atoms with Crippen molar-refractivity contribution in [1.29, 1.82) is 0 Å². The van der Waals surface area contributed by atoms with Crippen LogP contribution in [0.2, 0.25) is 0 Å². The lowest BCUT2D eigenvalue weighted by Gasteiger charge is -2.25. The Hall–Kier alpha value is -3.16. The van der Waals surface area contributed by atoms with Gasteiger partial charge in [-0.1, -0.05) is 54.1 Å². The number of nitrogens with one attached hydrogen (secondary N) is 1. The quantitative estimate of drug-likeness (QED) is 0.579. The Morgan fingerprint density at radius 2 is 1.76 bits per heavy atom.